The van der Waals surface area contributed by atoms with Gasteiger partial charge in [-0.1, -0.05) is 30.3 Å². The van der Waals surface area contributed by atoms with Gasteiger partial charge in [-0.15, -0.1) is 11.3 Å². The van der Waals surface area contributed by atoms with Gasteiger partial charge in [0, 0.05) is 5.38 Å². The van der Waals surface area contributed by atoms with E-state index >= 15 is 0 Å². The molecule has 0 fully saturated rings. The summed E-state index contributed by atoms with van der Waals surface area (Å²) in [7, 11) is 0. The zero-order chi connectivity index (χ0) is 16.2. The van der Waals surface area contributed by atoms with Crippen LogP contribution in [0.2, 0.25) is 0 Å². The third-order valence-electron chi connectivity index (χ3n) is 2.89. The average Bonchev–Trinajstić information content (AvgIpc) is 2.94. The molecule has 1 atom stereocenters. The summed E-state index contributed by atoms with van der Waals surface area (Å²) in [5.74, 6) is -0.424. The molecule has 3 N–H and O–H groups in total. The van der Waals surface area contributed by atoms with Crippen LogP contribution < -0.4 is 11.1 Å². The lowest BCUT2D eigenvalue weighted by molar-refractivity contribution is -0.140. The van der Waals surface area contributed by atoms with E-state index in [1.807, 2.05) is 30.3 Å². The van der Waals surface area contributed by atoms with Gasteiger partial charge in [0.25, 0.3) is 0 Å². The Morgan fingerprint density at radius 3 is 2.59 bits per heavy atom. The highest BCUT2D eigenvalue weighted by Crippen LogP contribution is 2.29. The lowest BCUT2D eigenvalue weighted by Crippen LogP contribution is -2.41. The zero-order valence-electron chi connectivity index (χ0n) is 11.4. The number of aromatic nitrogens is 1. The zero-order valence-corrected chi connectivity index (χ0v) is 12.2. The fraction of sp³-hybridized carbons (Fsp3) is 0.286. The molecule has 0 aliphatic rings. The third-order valence-corrected chi connectivity index (χ3v) is 3.74. The van der Waals surface area contributed by atoms with E-state index in [1.165, 1.54) is 0 Å². The molecule has 0 radical (unpaired) electrons. The fourth-order valence-electron chi connectivity index (χ4n) is 1.78. The molecule has 1 amide bonds. The predicted octanol–water partition coefficient (Wildman–Crippen LogP) is 2.35. The van der Waals surface area contributed by atoms with Crippen molar-refractivity contribution in [3.8, 4) is 0 Å². The minimum atomic E-state index is -4.47. The number of hydrogen-bond acceptors (Lipinski definition) is 4. The molecule has 4 nitrogen and oxygen atoms in total. The summed E-state index contributed by atoms with van der Waals surface area (Å²) in [6.45, 7) is -0.0674. The van der Waals surface area contributed by atoms with E-state index < -0.39 is 23.8 Å². The number of nitrogens with one attached hydrogen (secondary N) is 1. The standard InChI is InChI=1S/C14H14F3N3OS/c15-14(16,17)11-8-22-12(20-11)7-19-13(21)10(18)6-9-4-2-1-3-5-9/h1-5,8,10H,6-7,18H2,(H,19,21)/t10-/m0/s1. The Labute approximate surface area is 129 Å². The van der Waals surface area contributed by atoms with Gasteiger partial charge in [0.15, 0.2) is 5.69 Å². The first-order valence-corrected chi connectivity index (χ1v) is 7.33. The SMILES string of the molecule is N[C@@H](Cc1ccccc1)C(=O)NCc1nc(C(F)(F)F)cs1. The van der Waals surface area contributed by atoms with Crippen LogP contribution in [0.4, 0.5) is 13.2 Å². The number of hydrogen-bond donors (Lipinski definition) is 2. The van der Waals surface area contributed by atoms with E-state index in [9.17, 15) is 18.0 Å². The van der Waals surface area contributed by atoms with E-state index in [0.29, 0.717) is 6.42 Å². The monoisotopic (exact) mass is 329 g/mol. The van der Waals surface area contributed by atoms with Crippen molar-refractivity contribution in [2.45, 2.75) is 25.2 Å². The van der Waals surface area contributed by atoms with E-state index in [0.717, 1.165) is 22.3 Å². The van der Waals surface area contributed by atoms with Gasteiger partial charge in [-0.05, 0) is 12.0 Å². The molecule has 22 heavy (non-hydrogen) atoms. The molecular formula is C14H14F3N3OS. The summed E-state index contributed by atoms with van der Waals surface area (Å²) in [5.41, 5.74) is 5.75. The maximum absolute atomic E-state index is 12.4. The van der Waals surface area contributed by atoms with Crippen molar-refractivity contribution in [2.75, 3.05) is 0 Å². The molecule has 8 heteroatoms. The van der Waals surface area contributed by atoms with Crippen LogP contribution in [0.5, 0.6) is 0 Å². The molecule has 0 spiro atoms. The van der Waals surface area contributed by atoms with E-state index in [2.05, 4.69) is 10.3 Å². The number of nitrogens with two attached hydrogens (primary N) is 1. The highest BCUT2D eigenvalue weighted by Gasteiger charge is 2.33. The van der Waals surface area contributed by atoms with Crippen LogP contribution in [-0.2, 0) is 23.9 Å². The van der Waals surface area contributed by atoms with Crippen LogP contribution in [0.3, 0.4) is 0 Å². The van der Waals surface area contributed by atoms with Crippen LogP contribution in [-0.4, -0.2) is 16.9 Å². The van der Waals surface area contributed by atoms with Crippen molar-refractivity contribution in [3.05, 3.63) is 52.0 Å². The molecule has 1 aromatic carbocycles. The van der Waals surface area contributed by atoms with Crippen molar-refractivity contribution < 1.29 is 18.0 Å². The number of alkyl halides is 3. The van der Waals surface area contributed by atoms with Gasteiger partial charge < -0.3 is 11.1 Å². The summed E-state index contributed by atoms with van der Waals surface area (Å²) in [6, 6.07) is 8.48. The van der Waals surface area contributed by atoms with Crippen molar-refractivity contribution >= 4 is 17.2 Å². The van der Waals surface area contributed by atoms with Crippen molar-refractivity contribution in [3.63, 3.8) is 0 Å². The quantitative estimate of drug-likeness (QED) is 0.885. The van der Waals surface area contributed by atoms with Crippen LogP contribution in [0.15, 0.2) is 35.7 Å². The highest BCUT2D eigenvalue weighted by molar-refractivity contribution is 7.09. The van der Waals surface area contributed by atoms with Crippen LogP contribution >= 0.6 is 11.3 Å². The van der Waals surface area contributed by atoms with Gasteiger partial charge in [-0.2, -0.15) is 13.2 Å². The van der Waals surface area contributed by atoms with E-state index in [1.54, 1.807) is 0 Å². The molecule has 118 valence electrons. The van der Waals surface area contributed by atoms with Crippen molar-refractivity contribution in [1.29, 1.82) is 0 Å². The minimum absolute atomic E-state index is 0.0674. The van der Waals surface area contributed by atoms with Crippen LogP contribution in [0.1, 0.15) is 16.3 Å². The smallest absolute Gasteiger partial charge is 0.348 e. The van der Waals surface area contributed by atoms with Gasteiger partial charge in [0.2, 0.25) is 5.91 Å². The Bertz CT molecular complexity index is 628. The predicted molar refractivity (Wildman–Crippen MR) is 77.1 cm³/mol. The van der Waals surface area contributed by atoms with Gasteiger partial charge in [0.05, 0.1) is 12.6 Å². The first kappa shape index (κ1) is 16.4. The summed E-state index contributed by atoms with van der Waals surface area (Å²) >= 11 is 0.847. The number of halogens is 3. The third kappa shape index (κ3) is 4.54. The Kier molecular flexibility index (Phi) is 5.15. The first-order valence-electron chi connectivity index (χ1n) is 6.45. The summed E-state index contributed by atoms with van der Waals surface area (Å²) < 4.78 is 37.2. The molecule has 0 aliphatic heterocycles. The van der Waals surface area contributed by atoms with Crippen LogP contribution in [0.25, 0.3) is 0 Å². The van der Waals surface area contributed by atoms with E-state index in [-0.39, 0.29) is 11.6 Å². The number of rotatable bonds is 5. The number of carbonyl (C=O) groups is 1. The van der Waals surface area contributed by atoms with E-state index in [4.69, 9.17) is 5.73 Å². The minimum Gasteiger partial charge on any atom is -0.348 e. The summed E-state index contributed by atoms with van der Waals surface area (Å²) in [6.07, 6.45) is -4.11. The number of nitrogens with zero attached hydrogens (tertiary/aromatic N) is 1. The Balaban J connectivity index is 1.86. The topological polar surface area (TPSA) is 68.0 Å². The fourth-order valence-corrected chi connectivity index (χ4v) is 2.52. The Hall–Kier alpha value is -1.93. The molecule has 0 aliphatic carbocycles. The average molecular weight is 329 g/mol. The molecule has 1 heterocycles. The summed E-state index contributed by atoms with van der Waals surface area (Å²) in [4.78, 5) is 15.3. The normalized spacial score (nSPS) is 12.9. The maximum Gasteiger partial charge on any atom is 0.434 e. The van der Waals surface area contributed by atoms with Crippen molar-refractivity contribution in [2.24, 2.45) is 5.73 Å². The Morgan fingerprint density at radius 2 is 2.00 bits per heavy atom. The van der Waals surface area contributed by atoms with Crippen LogP contribution in [0, 0.1) is 0 Å². The molecule has 0 bridgehead atoms. The maximum atomic E-state index is 12.4. The second-order valence-electron chi connectivity index (χ2n) is 4.64. The van der Waals surface area contributed by atoms with Crippen molar-refractivity contribution in [1.82, 2.24) is 10.3 Å². The molecule has 0 saturated carbocycles. The number of carbonyl (C=O) groups excluding carboxylic acids is 1. The lowest BCUT2D eigenvalue weighted by Gasteiger charge is -2.11. The largest absolute Gasteiger partial charge is 0.434 e. The molecular weight excluding hydrogens is 315 g/mol. The molecule has 0 saturated heterocycles. The molecule has 2 rings (SSSR count). The summed E-state index contributed by atoms with van der Waals surface area (Å²) in [5, 5.41) is 3.61. The Morgan fingerprint density at radius 1 is 1.32 bits per heavy atom. The second kappa shape index (κ2) is 6.89. The first-order chi connectivity index (χ1) is 10.4. The highest BCUT2D eigenvalue weighted by atomic mass is 32.1. The lowest BCUT2D eigenvalue weighted by atomic mass is 10.1. The second-order valence-corrected chi connectivity index (χ2v) is 5.58. The van der Waals surface area contributed by atoms with Gasteiger partial charge >= 0.3 is 6.18 Å². The molecule has 2 aromatic rings. The number of amides is 1. The van der Waals surface area contributed by atoms with Gasteiger partial charge in [-0.3, -0.25) is 4.79 Å². The molecule has 0 unspecified atom stereocenters. The van der Waals surface area contributed by atoms with Gasteiger partial charge in [-0.25, -0.2) is 4.98 Å². The number of thiazole rings is 1. The van der Waals surface area contributed by atoms with Gasteiger partial charge in [0.1, 0.15) is 5.01 Å². The molecule has 1 aromatic heterocycles. The number of benzene rings is 1.